The fraction of sp³-hybridized carbons (Fsp3) is 0.294. The number of thiocarbonyl (C=S) groups is 1. The summed E-state index contributed by atoms with van der Waals surface area (Å²) in [6.45, 7) is 7.57. The van der Waals surface area contributed by atoms with Crippen LogP contribution in [0.2, 0.25) is 0 Å². The van der Waals surface area contributed by atoms with Crippen LogP contribution in [0.1, 0.15) is 25.0 Å². The molecule has 0 bridgehead atoms. The van der Waals surface area contributed by atoms with Gasteiger partial charge in [-0.2, -0.15) is 0 Å². The first-order chi connectivity index (χ1) is 10.6. The molecule has 1 saturated heterocycles. The summed E-state index contributed by atoms with van der Waals surface area (Å²) in [5.41, 5.74) is 4.52. The molecule has 0 unspecified atom stereocenters. The van der Waals surface area contributed by atoms with Gasteiger partial charge in [0.25, 0.3) is 5.91 Å². The van der Waals surface area contributed by atoms with E-state index in [4.69, 9.17) is 12.2 Å². The lowest BCUT2D eigenvalue weighted by atomic mass is 10.0. The van der Waals surface area contributed by atoms with Crippen molar-refractivity contribution < 1.29 is 4.79 Å². The quantitative estimate of drug-likeness (QED) is 0.605. The molecule has 0 aliphatic carbocycles. The van der Waals surface area contributed by atoms with Crippen LogP contribution in [-0.4, -0.2) is 28.2 Å². The fourth-order valence-corrected chi connectivity index (χ4v) is 4.25. The summed E-state index contributed by atoms with van der Waals surface area (Å²) in [6.07, 6.45) is 4.12. The zero-order chi connectivity index (χ0) is 15.9. The third kappa shape index (κ3) is 2.38. The molecule has 2 heterocycles. The zero-order valence-corrected chi connectivity index (χ0v) is 14.6. The number of likely N-dealkylation sites (N-methyl/N-ethyl adjacent to an activating group) is 2. The molecule has 1 aromatic carbocycles. The van der Waals surface area contributed by atoms with E-state index in [0.29, 0.717) is 10.9 Å². The summed E-state index contributed by atoms with van der Waals surface area (Å²) in [5.74, 6) is 0.0196. The smallest absolute Gasteiger partial charge is 0.268 e. The van der Waals surface area contributed by atoms with Crippen molar-refractivity contribution in [3.05, 3.63) is 46.0 Å². The Labute approximate surface area is 140 Å². The maximum atomic E-state index is 12.6. The van der Waals surface area contributed by atoms with Crippen molar-refractivity contribution in [1.82, 2.24) is 4.90 Å². The number of anilines is 1. The minimum Gasteiger partial charge on any atom is -0.340 e. The van der Waals surface area contributed by atoms with Crippen molar-refractivity contribution in [2.75, 3.05) is 18.0 Å². The molecule has 22 heavy (non-hydrogen) atoms. The number of fused-ring (bicyclic) bond motifs is 1. The van der Waals surface area contributed by atoms with Gasteiger partial charge in [-0.05, 0) is 44.5 Å². The van der Waals surface area contributed by atoms with E-state index in [-0.39, 0.29) is 5.91 Å². The van der Waals surface area contributed by atoms with E-state index in [2.05, 4.69) is 43.0 Å². The van der Waals surface area contributed by atoms with Crippen molar-refractivity contribution >= 4 is 46.0 Å². The van der Waals surface area contributed by atoms with E-state index in [1.165, 1.54) is 22.9 Å². The molecule has 1 fully saturated rings. The van der Waals surface area contributed by atoms with Gasteiger partial charge in [0.15, 0.2) is 0 Å². The number of allylic oxidation sites excluding steroid dienone is 1. The molecule has 0 saturated carbocycles. The number of nitrogens with zero attached hydrogens (tertiary/aromatic N) is 2. The van der Waals surface area contributed by atoms with Crippen LogP contribution in [0.4, 0.5) is 5.69 Å². The van der Waals surface area contributed by atoms with Crippen molar-refractivity contribution in [1.29, 1.82) is 0 Å². The average Bonchev–Trinajstić information content (AvgIpc) is 2.79. The van der Waals surface area contributed by atoms with Gasteiger partial charge in [-0.25, -0.2) is 0 Å². The van der Waals surface area contributed by atoms with Gasteiger partial charge in [-0.15, -0.1) is 0 Å². The first-order valence-electron chi connectivity index (χ1n) is 7.41. The van der Waals surface area contributed by atoms with Gasteiger partial charge in [-0.1, -0.05) is 41.7 Å². The molecule has 5 heteroatoms. The zero-order valence-electron chi connectivity index (χ0n) is 12.9. The van der Waals surface area contributed by atoms with E-state index in [1.54, 1.807) is 4.90 Å². The monoisotopic (exact) mass is 330 g/mol. The van der Waals surface area contributed by atoms with Gasteiger partial charge in [-0.3, -0.25) is 9.69 Å². The van der Waals surface area contributed by atoms with Gasteiger partial charge in [0, 0.05) is 18.8 Å². The third-order valence-corrected chi connectivity index (χ3v) is 5.35. The molecule has 0 aromatic heterocycles. The maximum Gasteiger partial charge on any atom is 0.268 e. The normalized spacial score (nSPS) is 20.9. The molecule has 2 aliphatic heterocycles. The second kappa shape index (κ2) is 5.89. The molecule has 3 nitrogen and oxygen atoms in total. The molecule has 1 aromatic rings. The number of benzene rings is 1. The van der Waals surface area contributed by atoms with Gasteiger partial charge >= 0.3 is 0 Å². The highest BCUT2D eigenvalue weighted by Crippen LogP contribution is 2.39. The van der Waals surface area contributed by atoms with E-state index < -0.39 is 0 Å². The van der Waals surface area contributed by atoms with Gasteiger partial charge in [0.1, 0.15) is 9.23 Å². The van der Waals surface area contributed by atoms with Crippen molar-refractivity contribution in [3.8, 4) is 0 Å². The molecule has 0 radical (unpaired) electrons. The van der Waals surface area contributed by atoms with E-state index in [1.807, 2.05) is 13.0 Å². The van der Waals surface area contributed by atoms with Crippen molar-refractivity contribution in [2.24, 2.45) is 0 Å². The number of carbonyl (C=O) groups excluding carboxylic acids is 1. The fourth-order valence-electron chi connectivity index (χ4n) is 2.81. The summed E-state index contributed by atoms with van der Waals surface area (Å²) in [7, 11) is 0. The summed E-state index contributed by atoms with van der Waals surface area (Å²) in [5, 5.41) is 0. The van der Waals surface area contributed by atoms with E-state index in [0.717, 1.165) is 22.8 Å². The largest absolute Gasteiger partial charge is 0.340 e. The van der Waals surface area contributed by atoms with Gasteiger partial charge in [0.05, 0.1) is 5.70 Å². The van der Waals surface area contributed by atoms with Crippen molar-refractivity contribution in [2.45, 2.75) is 20.8 Å². The highest BCUT2D eigenvalue weighted by Gasteiger charge is 2.35. The van der Waals surface area contributed by atoms with Crippen LogP contribution in [0.3, 0.4) is 0 Å². The van der Waals surface area contributed by atoms with Crippen molar-refractivity contribution in [3.63, 3.8) is 0 Å². The number of hydrogen-bond acceptors (Lipinski definition) is 4. The maximum absolute atomic E-state index is 12.6. The Morgan fingerprint density at radius 3 is 2.50 bits per heavy atom. The second-order valence-electron chi connectivity index (χ2n) is 5.27. The summed E-state index contributed by atoms with van der Waals surface area (Å²) in [4.78, 5) is 17.2. The Bertz CT molecular complexity index is 721. The van der Waals surface area contributed by atoms with Crippen LogP contribution in [-0.2, 0) is 4.79 Å². The molecular formula is C17H18N2OS2. The summed E-state index contributed by atoms with van der Waals surface area (Å²) >= 11 is 6.73. The number of thioether (sulfide) groups is 1. The summed E-state index contributed by atoms with van der Waals surface area (Å²) in [6, 6.07) is 6.40. The topological polar surface area (TPSA) is 23.6 Å². The molecule has 3 rings (SSSR count). The molecule has 0 spiro atoms. The highest BCUT2D eigenvalue weighted by molar-refractivity contribution is 8.26. The second-order valence-corrected chi connectivity index (χ2v) is 6.92. The number of aryl methyl sites for hydroxylation is 1. The SMILES string of the molecule is CCN1C(=O)C(=C2C=Cc3cc(C)ccc3N2CC)SC1=S. The average molecular weight is 330 g/mol. The van der Waals surface area contributed by atoms with Crippen LogP contribution in [0.15, 0.2) is 34.9 Å². The Balaban J connectivity index is 2.10. The van der Waals surface area contributed by atoms with Crippen LogP contribution in [0.5, 0.6) is 0 Å². The molecule has 1 amide bonds. The first kappa shape index (κ1) is 15.3. The van der Waals surface area contributed by atoms with Gasteiger partial charge in [0.2, 0.25) is 0 Å². The minimum atomic E-state index is 0.0196. The van der Waals surface area contributed by atoms with Crippen LogP contribution >= 0.6 is 24.0 Å². The molecule has 114 valence electrons. The van der Waals surface area contributed by atoms with Crippen LogP contribution < -0.4 is 4.90 Å². The Kier molecular flexibility index (Phi) is 4.10. The molecule has 2 aliphatic rings. The Morgan fingerprint density at radius 2 is 1.86 bits per heavy atom. The third-order valence-electron chi connectivity index (χ3n) is 3.90. The lowest BCUT2D eigenvalue weighted by molar-refractivity contribution is -0.122. The number of amides is 1. The van der Waals surface area contributed by atoms with Gasteiger partial charge < -0.3 is 4.90 Å². The summed E-state index contributed by atoms with van der Waals surface area (Å²) < 4.78 is 0.647. The minimum absolute atomic E-state index is 0.0196. The number of carbonyl (C=O) groups is 1. The van der Waals surface area contributed by atoms with E-state index >= 15 is 0 Å². The molecule has 0 N–H and O–H groups in total. The standard InChI is InChI=1S/C17H18N2OS2/c1-4-18-13-8-6-11(3)10-12(13)7-9-14(18)15-16(20)19(5-2)17(21)22-15/h6-10H,4-5H2,1-3H3. The van der Waals surface area contributed by atoms with Crippen LogP contribution in [0.25, 0.3) is 6.08 Å². The Morgan fingerprint density at radius 1 is 1.14 bits per heavy atom. The Hall–Kier alpha value is -1.59. The molecular weight excluding hydrogens is 312 g/mol. The predicted octanol–water partition coefficient (Wildman–Crippen LogP) is 3.94. The number of rotatable bonds is 2. The number of hydrogen-bond donors (Lipinski definition) is 0. The lowest BCUT2D eigenvalue weighted by Crippen LogP contribution is -2.30. The van der Waals surface area contributed by atoms with E-state index in [9.17, 15) is 4.79 Å². The predicted molar refractivity (Wildman–Crippen MR) is 97.8 cm³/mol. The first-order valence-corrected chi connectivity index (χ1v) is 8.63. The van der Waals surface area contributed by atoms with Crippen LogP contribution in [0, 0.1) is 6.92 Å². The highest BCUT2D eigenvalue weighted by atomic mass is 32.2. The lowest BCUT2D eigenvalue weighted by Gasteiger charge is -2.30. The molecule has 0 atom stereocenters.